The molecule has 1 aromatic rings. The summed E-state index contributed by atoms with van der Waals surface area (Å²) in [6.45, 7) is 2.31. The molecule has 1 amide bonds. The van der Waals surface area contributed by atoms with Crippen LogP contribution in [0.25, 0.3) is 0 Å². The second kappa shape index (κ2) is 5.45. The zero-order chi connectivity index (χ0) is 13.3. The van der Waals surface area contributed by atoms with E-state index in [2.05, 4.69) is 20.5 Å². The van der Waals surface area contributed by atoms with Crippen molar-refractivity contribution in [3.8, 4) is 0 Å². The molecule has 0 radical (unpaired) electrons. The van der Waals surface area contributed by atoms with Crippen LogP contribution in [0.4, 0.5) is 0 Å². The third-order valence-corrected chi connectivity index (χ3v) is 3.64. The first-order valence-corrected chi connectivity index (χ1v) is 7.09. The summed E-state index contributed by atoms with van der Waals surface area (Å²) in [7, 11) is 1.78. The summed E-state index contributed by atoms with van der Waals surface area (Å²) >= 11 is 3.43. The van der Waals surface area contributed by atoms with E-state index in [1.165, 1.54) is 0 Å². The van der Waals surface area contributed by atoms with Gasteiger partial charge in [-0.1, -0.05) is 0 Å². The monoisotopic (exact) mass is 314 g/mol. The number of carbonyl (C=O) groups excluding carboxylic acids is 1. The van der Waals surface area contributed by atoms with E-state index in [1.54, 1.807) is 18.9 Å². The Morgan fingerprint density at radius 2 is 2.33 bits per heavy atom. The van der Waals surface area contributed by atoms with E-state index >= 15 is 0 Å². The molecule has 1 atom stereocenters. The van der Waals surface area contributed by atoms with Crippen molar-refractivity contribution in [3.63, 3.8) is 0 Å². The lowest BCUT2D eigenvalue weighted by molar-refractivity contribution is 0.0758. The second-order valence-electron chi connectivity index (χ2n) is 5.05. The van der Waals surface area contributed by atoms with Crippen LogP contribution in [0.5, 0.6) is 0 Å². The topological polar surface area (TPSA) is 45.5 Å². The number of hydrogen-bond donors (Lipinski definition) is 1. The minimum Gasteiger partial charge on any atom is -0.393 e. The first-order valence-electron chi connectivity index (χ1n) is 6.30. The number of nitrogens with zero attached hydrogens (tertiary/aromatic N) is 2. The lowest BCUT2D eigenvalue weighted by Crippen LogP contribution is -2.30. The number of carbonyl (C=O) groups is 1. The molecule has 5 heteroatoms. The lowest BCUT2D eigenvalue weighted by atomic mass is 10.2. The van der Waals surface area contributed by atoms with E-state index in [-0.39, 0.29) is 12.0 Å². The van der Waals surface area contributed by atoms with Crippen molar-refractivity contribution in [2.24, 2.45) is 0 Å². The molecule has 4 nitrogen and oxygen atoms in total. The van der Waals surface area contributed by atoms with Crippen LogP contribution < -0.4 is 0 Å². The highest BCUT2D eigenvalue weighted by Gasteiger charge is 2.28. The minimum atomic E-state index is -0.373. The number of halogens is 1. The van der Waals surface area contributed by atoms with Gasteiger partial charge in [0.2, 0.25) is 0 Å². The molecule has 0 spiro atoms. The van der Waals surface area contributed by atoms with E-state index < -0.39 is 0 Å². The minimum absolute atomic E-state index is 0.0215. The van der Waals surface area contributed by atoms with Gasteiger partial charge in [0, 0.05) is 30.3 Å². The molecular formula is C13H19BrN2O2. The van der Waals surface area contributed by atoms with Crippen LogP contribution in [-0.4, -0.2) is 40.2 Å². The van der Waals surface area contributed by atoms with Crippen LogP contribution in [0.1, 0.15) is 42.7 Å². The predicted molar refractivity (Wildman–Crippen MR) is 73.7 cm³/mol. The van der Waals surface area contributed by atoms with Gasteiger partial charge in [-0.2, -0.15) is 0 Å². The van der Waals surface area contributed by atoms with E-state index in [1.807, 2.05) is 12.3 Å². The highest BCUT2D eigenvalue weighted by Crippen LogP contribution is 2.37. The SMILES string of the molecule is CC(O)CCN(C)C(=O)c1cc(Br)cn1C1CC1. The Morgan fingerprint density at radius 1 is 1.67 bits per heavy atom. The molecule has 1 fully saturated rings. The molecule has 18 heavy (non-hydrogen) atoms. The molecule has 0 saturated heterocycles. The Morgan fingerprint density at radius 3 is 2.89 bits per heavy atom. The summed E-state index contributed by atoms with van der Waals surface area (Å²) < 4.78 is 3.01. The van der Waals surface area contributed by atoms with Gasteiger partial charge in [0.1, 0.15) is 5.69 Å². The normalized spacial score (nSPS) is 16.7. The Bertz CT molecular complexity index is 438. The van der Waals surface area contributed by atoms with Crippen molar-refractivity contribution in [2.75, 3.05) is 13.6 Å². The fraction of sp³-hybridized carbons (Fsp3) is 0.615. The summed E-state index contributed by atoms with van der Waals surface area (Å²) in [4.78, 5) is 14.0. The third kappa shape index (κ3) is 3.14. The van der Waals surface area contributed by atoms with Crippen molar-refractivity contribution in [1.29, 1.82) is 0 Å². The molecular weight excluding hydrogens is 296 g/mol. The van der Waals surface area contributed by atoms with Crippen molar-refractivity contribution in [2.45, 2.75) is 38.3 Å². The van der Waals surface area contributed by atoms with Crippen LogP contribution in [-0.2, 0) is 0 Å². The van der Waals surface area contributed by atoms with E-state index in [9.17, 15) is 9.90 Å². The largest absolute Gasteiger partial charge is 0.393 e. The van der Waals surface area contributed by atoms with Gasteiger partial charge >= 0.3 is 0 Å². The molecule has 1 heterocycles. The third-order valence-electron chi connectivity index (χ3n) is 3.20. The van der Waals surface area contributed by atoms with Crippen molar-refractivity contribution < 1.29 is 9.90 Å². The highest BCUT2D eigenvalue weighted by atomic mass is 79.9. The molecule has 2 rings (SSSR count). The molecule has 100 valence electrons. The summed E-state index contributed by atoms with van der Waals surface area (Å²) in [5.41, 5.74) is 0.734. The molecule has 1 aromatic heterocycles. The summed E-state index contributed by atoms with van der Waals surface area (Å²) in [6, 6.07) is 2.36. The van der Waals surface area contributed by atoms with Crippen molar-refractivity contribution in [3.05, 3.63) is 22.4 Å². The smallest absolute Gasteiger partial charge is 0.270 e. The van der Waals surface area contributed by atoms with Crippen molar-refractivity contribution in [1.82, 2.24) is 9.47 Å². The van der Waals surface area contributed by atoms with Crippen LogP contribution in [0.15, 0.2) is 16.7 Å². The molecule has 0 aromatic carbocycles. The summed E-state index contributed by atoms with van der Waals surface area (Å²) in [5, 5.41) is 9.26. The summed E-state index contributed by atoms with van der Waals surface area (Å²) in [5.74, 6) is 0.0215. The van der Waals surface area contributed by atoms with Crippen LogP contribution in [0.2, 0.25) is 0 Å². The van der Waals surface area contributed by atoms with Gasteiger partial charge in [0.25, 0.3) is 5.91 Å². The highest BCUT2D eigenvalue weighted by molar-refractivity contribution is 9.10. The van der Waals surface area contributed by atoms with Gasteiger partial charge in [-0.15, -0.1) is 0 Å². The fourth-order valence-electron chi connectivity index (χ4n) is 1.95. The van der Waals surface area contributed by atoms with Gasteiger partial charge in [-0.3, -0.25) is 4.79 Å². The molecule has 1 aliphatic carbocycles. The number of hydrogen-bond acceptors (Lipinski definition) is 2. The van der Waals surface area contributed by atoms with Crippen molar-refractivity contribution >= 4 is 21.8 Å². The first kappa shape index (κ1) is 13.6. The Hall–Kier alpha value is -0.810. The van der Waals surface area contributed by atoms with Gasteiger partial charge in [0.05, 0.1) is 6.10 Å². The van der Waals surface area contributed by atoms with Crippen LogP contribution in [0, 0.1) is 0 Å². The van der Waals surface area contributed by atoms with E-state index in [0.717, 1.165) is 23.0 Å². The number of rotatable bonds is 5. The molecule has 1 N–H and O–H groups in total. The Kier molecular flexibility index (Phi) is 4.12. The molecule has 1 aliphatic rings. The maximum atomic E-state index is 12.3. The average Bonchev–Trinajstić information content (AvgIpc) is 3.08. The number of aliphatic hydroxyl groups is 1. The van der Waals surface area contributed by atoms with Gasteiger partial charge in [0.15, 0.2) is 0 Å². The van der Waals surface area contributed by atoms with E-state index in [4.69, 9.17) is 0 Å². The quantitative estimate of drug-likeness (QED) is 0.907. The zero-order valence-corrected chi connectivity index (χ0v) is 12.4. The molecule has 1 unspecified atom stereocenters. The number of amides is 1. The molecule has 1 saturated carbocycles. The Labute approximate surface area is 116 Å². The zero-order valence-electron chi connectivity index (χ0n) is 10.8. The maximum absolute atomic E-state index is 12.3. The van der Waals surface area contributed by atoms with Gasteiger partial charge < -0.3 is 14.6 Å². The van der Waals surface area contributed by atoms with E-state index in [0.29, 0.717) is 19.0 Å². The van der Waals surface area contributed by atoms with Gasteiger partial charge in [-0.25, -0.2) is 0 Å². The average molecular weight is 315 g/mol. The number of aromatic nitrogens is 1. The summed E-state index contributed by atoms with van der Waals surface area (Å²) in [6.07, 6.45) is 4.51. The van der Waals surface area contributed by atoms with Crippen LogP contribution >= 0.6 is 15.9 Å². The maximum Gasteiger partial charge on any atom is 0.270 e. The standard InChI is InChI=1S/C13H19BrN2O2/c1-9(17)5-6-15(2)13(18)12-7-10(14)8-16(12)11-3-4-11/h7-9,11,17H,3-6H2,1-2H3. The Balaban J connectivity index is 2.07. The van der Waals surface area contributed by atoms with Gasteiger partial charge in [-0.05, 0) is 48.2 Å². The van der Waals surface area contributed by atoms with Crippen LogP contribution in [0.3, 0.4) is 0 Å². The molecule has 0 bridgehead atoms. The number of aliphatic hydroxyl groups excluding tert-OH is 1. The lowest BCUT2D eigenvalue weighted by Gasteiger charge is -2.19. The predicted octanol–water partition coefficient (Wildman–Crippen LogP) is 2.43. The molecule has 0 aliphatic heterocycles. The fourth-order valence-corrected chi connectivity index (χ4v) is 2.39. The first-order chi connectivity index (χ1) is 8.49. The second-order valence-corrected chi connectivity index (χ2v) is 5.96.